The van der Waals surface area contributed by atoms with Gasteiger partial charge >= 0.3 is 5.56 Å². The van der Waals surface area contributed by atoms with Crippen molar-refractivity contribution in [3.05, 3.63) is 81.5 Å². The van der Waals surface area contributed by atoms with Crippen molar-refractivity contribution in [1.29, 1.82) is 0 Å². The molecule has 0 radical (unpaired) electrons. The second-order valence-corrected chi connectivity index (χ2v) is 12.6. The zero-order valence-corrected chi connectivity index (χ0v) is 22.4. The van der Waals surface area contributed by atoms with Crippen molar-refractivity contribution in [2.24, 2.45) is 0 Å². The lowest BCUT2D eigenvalue weighted by molar-refractivity contribution is 0.181. The molecule has 0 N–H and O–H groups in total. The fourth-order valence-corrected chi connectivity index (χ4v) is 6.32. The average Bonchev–Trinajstić information content (AvgIpc) is 2.89. The molecular weight excluding hydrogens is 533 g/mol. The van der Waals surface area contributed by atoms with Gasteiger partial charge in [-0.3, -0.25) is 4.79 Å². The number of hydrogen-bond acceptors (Lipinski definition) is 6. The maximum atomic E-state index is 13.9. The standard InChI is InChI=1S/C27H29F3N4O4S/c1-17(2)39(36,37)33-9-7-32(8-10-33)25-16-31-34(23-14-21(29)13-22(30)15-23)27(35)26(25)38-24-6-4-18-11-20(28)5-3-19(18)12-24/h3,5,11,13-17,24H,4,6-10,12H2,1-2H3. The van der Waals surface area contributed by atoms with Gasteiger partial charge in [-0.2, -0.15) is 14.1 Å². The van der Waals surface area contributed by atoms with E-state index < -0.39 is 38.6 Å². The fourth-order valence-electron chi connectivity index (χ4n) is 5.05. The Morgan fingerprint density at radius 3 is 2.31 bits per heavy atom. The van der Waals surface area contributed by atoms with Gasteiger partial charge in [0.05, 0.1) is 17.1 Å². The molecule has 1 aliphatic carbocycles. The molecule has 2 heterocycles. The van der Waals surface area contributed by atoms with Gasteiger partial charge in [0.1, 0.15) is 29.2 Å². The summed E-state index contributed by atoms with van der Waals surface area (Å²) in [6.45, 7) is 4.30. The number of aromatic nitrogens is 2. The molecule has 1 unspecified atom stereocenters. The van der Waals surface area contributed by atoms with Gasteiger partial charge in [0.25, 0.3) is 0 Å². The minimum absolute atomic E-state index is 0.0367. The van der Waals surface area contributed by atoms with Gasteiger partial charge in [0.2, 0.25) is 15.8 Å². The highest BCUT2D eigenvalue weighted by molar-refractivity contribution is 7.89. The second-order valence-electron chi connectivity index (χ2n) is 10.1. The lowest BCUT2D eigenvalue weighted by Crippen LogP contribution is -2.50. The Balaban J connectivity index is 1.49. The number of nitrogens with zero attached hydrogens (tertiary/aromatic N) is 4. The van der Waals surface area contributed by atoms with Crippen molar-refractivity contribution in [3.8, 4) is 11.4 Å². The van der Waals surface area contributed by atoms with E-state index in [2.05, 4.69) is 5.10 Å². The minimum Gasteiger partial charge on any atom is -0.483 e. The first-order valence-corrected chi connectivity index (χ1v) is 14.3. The Morgan fingerprint density at radius 1 is 0.949 bits per heavy atom. The summed E-state index contributed by atoms with van der Waals surface area (Å²) in [5.74, 6) is -2.06. The third-order valence-electron chi connectivity index (χ3n) is 7.18. The summed E-state index contributed by atoms with van der Waals surface area (Å²) in [4.78, 5) is 15.5. The zero-order chi connectivity index (χ0) is 27.9. The smallest absolute Gasteiger partial charge is 0.316 e. The molecule has 8 nitrogen and oxygen atoms in total. The van der Waals surface area contributed by atoms with Crippen molar-refractivity contribution in [3.63, 3.8) is 0 Å². The van der Waals surface area contributed by atoms with Crippen molar-refractivity contribution in [2.75, 3.05) is 31.1 Å². The summed E-state index contributed by atoms with van der Waals surface area (Å²) in [6.07, 6.45) is 2.54. The monoisotopic (exact) mass is 562 g/mol. The number of halogens is 3. The number of ether oxygens (including phenoxy) is 1. The van der Waals surface area contributed by atoms with E-state index in [1.54, 1.807) is 19.9 Å². The molecule has 3 aromatic rings. The summed E-state index contributed by atoms with van der Waals surface area (Å²) in [5, 5.41) is 3.62. The van der Waals surface area contributed by atoms with Crippen LogP contribution >= 0.6 is 0 Å². The van der Waals surface area contributed by atoms with Crippen LogP contribution in [0.1, 0.15) is 31.4 Å². The Bertz CT molecular complexity index is 1530. The molecule has 39 heavy (non-hydrogen) atoms. The van der Waals surface area contributed by atoms with Gasteiger partial charge in [-0.15, -0.1) is 0 Å². The predicted octanol–water partition coefficient (Wildman–Crippen LogP) is 3.45. The molecule has 2 aromatic carbocycles. The molecule has 0 saturated carbocycles. The van der Waals surface area contributed by atoms with Crippen LogP contribution in [0.15, 0.2) is 47.4 Å². The average molecular weight is 563 g/mol. The molecule has 12 heteroatoms. The summed E-state index contributed by atoms with van der Waals surface area (Å²) in [5.41, 5.74) is 1.40. The third-order valence-corrected chi connectivity index (χ3v) is 9.45. The first-order chi connectivity index (χ1) is 18.5. The van der Waals surface area contributed by atoms with Gasteiger partial charge in [0, 0.05) is 38.7 Å². The first-order valence-electron chi connectivity index (χ1n) is 12.8. The molecule has 1 saturated heterocycles. The van der Waals surface area contributed by atoms with Crippen LogP contribution in [-0.2, 0) is 22.9 Å². The Morgan fingerprint density at radius 2 is 1.64 bits per heavy atom. The molecule has 208 valence electrons. The van der Waals surface area contributed by atoms with Crippen LogP contribution in [0.2, 0.25) is 0 Å². The lowest BCUT2D eigenvalue weighted by Gasteiger charge is -2.37. The van der Waals surface area contributed by atoms with Gasteiger partial charge < -0.3 is 9.64 Å². The van der Waals surface area contributed by atoms with Crippen molar-refractivity contribution in [2.45, 2.75) is 44.5 Å². The van der Waals surface area contributed by atoms with Crippen molar-refractivity contribution in [1.82, 2.24) is 14.1 Å². The number of benzene rings is 2. The highest BCUT2D eigenvalue weighted by atomic mass is 32.2. The summed E-state index contributed by atoms with van der Waals surface area (Å²) < 4.78 is 75.4. The van der Waals surface area contributed by atoms with Crippen molar-refractivity contribution >= 4 is 15.7 Å². The SMILES string of the molecule is CC(C)S(=O)(=O)N1CCN(c2cnn(-c3cc(F)cc(F)c3)c(=O)c2OC2CCc3cc(F)ccc3C2)CC1. The molecular formula is C27H29F3N4O4S. The topological polar surface area (TPSA) is 84.7 Å². The third kappa shape index (κ3) is 5.53. The van der Waals surface area contributed by atoms with Crippen LogP contribution in [0.25, 0.3) is 5.69 Å². The van der Waals surface area contributed by atoms with E-state index in [-0.39, 0.29) is 30.3 Å². The summed E-state index contributed by atoms with van der Waals surface area (Å²) in [6, 6.07) is 7.29. The molecule has 1 aromatic heterocycles. The number of fused-ring (bicyclic) bond motifs is 1. The Labute approximate surface area is 224 Å². The molecule has 2 aliphatic rings. The first kappa shape index (κ1) is 27.2. The Hall–Kier alpha value is -3.38. The minimum atomic E-state index is -3.43. The molecule has 0 spiro atoms. The van der Waals surface area contributed by atoms with E-state index in [1.807, 2.05) is 4.90 Å². The van der Waals surface area contributed by atoms with Crippen molar-refractivity contribution < 1.29 is 26.3 Å². The van der Waals surface area contributed by atoms with E-state index >= 15 is 0 Å². The predicted molar refractivity (Wildman–Crippen MR) is 140 cm³/mol. The highest BCUT2D eigenvalue weighted by Crippen LogP contribution is 2.31. The van der Waals surface area contributed by atoms with E-state index in [1.165, 1.54) is 22.6 Å². The number of rotatable bonds is 6. The summed E-state index contributed by atoms with van der Waals surface area (Å²) in [7, 11) is -3.43. The molecule has 1 fully saturated rings. The van der Waals surface area contributed by atoms with Crippen LogP contribution in [0.3, 0.4) is 0 Å². The van der Waals surface area contributed by atoms with Gasteiger partial charge in [-0.25, -0.2) is 21.6 Å². The number of piperazine rings is 1. The fraction of sp³-hybridized carbons (Fsp3) is 0.407. The maximum Gasteiger partial charge on any atom is 0.316 e. The van der Waals surface area contributed by atoms with Gasteiger partial charge in [0.15, 0.2) is 0 Å². The number of hydrogen-bond donors (Lipinski definition) is 0. The quantitative estimate of drug-likeness (QED) is 0.458. The van der Waals surface area contributed by atoms with Crippen LogP contribution in [0, 0.1) is 17.5 Å². The molecule has 1 atom stereocenters. The summed E-state index contributed by atoms with van der Waals surface area (Å²) >= 11 is 0. The van der Waals surface area contributed by atoms with E-state index in [9.17, 15) is 26.4 Å². The van der Waals surface area contributed by atoms with Gasteiger partial charge in [-0.05, 0) is 62.1 Å². The largest absolute Gasteiger partial charge is 0.483 e. The molecule has 0 amide bonds. The number of aryl methyl sites for hydroxylation is 1. The second kappa shape index (κ2) is 10.6. The van der Waals surface area contributed by atoms with E-state index in [0.717, 1.165) is 27.9 Å². The number of anilines is 1. The normalized spacial score (nSPS) is 18.3. The van der Waals surface area contributed by atoms with Gasteiger partial charge in [-0.1, -0.05) is 6.07 Å². The maximum absolute atomic E-state index is 13.9. The van der Waals surface area contributed by atoms with E-state index in [0.29, 0.717) is 44.1 Å². The zero-order valence-electron chi connectivity index (χ0n) is 21.6. The molecule has 1 aliphatic heterocycles. The number of sulfonamides is 1. The van der Waals surface area contributed by atoms with Crippen LogP contribution in [-0.4, -0.2) is 60.0 Å². The Kier molecular flexibility index (Phi) is 7.43. The molecule has 5 rings (SSSR count). The van der Waals surface area contributed by atoms with Crippen LogP contribution in [0.4, 0.5) is 18.9 Å². The highest BCUT2D eigenvalue weighted by Gasteiger charge is 2.32. The van der Waals surface area contributed by atoms with E-state index in [4.69, 9.17) is 4.74 Å². The lowest BCUT2D eigenvalue weighted by atomic mass is 9.89. The van der Waals surface area contributed by atoms with Crippen LogP contribution in [0.5, 0.6) is 5.75 Å². The van der Waals surface area contributed by atoms with Crippen LogP contribution < -0.4 is 15.2 Å². The molecule has 0 bridgehead atoms.